The molecule has 2 amide bonds. The minimum Gasteiger partial charge on any atom is -0.480 e. The van der Waals surface area contributed by atoms with Gasteiger partial charge in [-0.15, -0.1) is 0 Å². The van der Waals surface area contributed by atoms with Crippen LogP contribution in [0.25, 0.3) is 0 Å². The van der Waals surface area contributed by atoms with Crippen molar-refractivity contribution in [2.24, 2.45) is 5.92 Å². The van der Waals surface area contributed by atoms with Crippen LogP contribution in [0.4, 0.5) is 4.79 Å². The van der Waals surface area contributed by atoms with Crippen molar-refractivity contribution in [2.45, 2.75) is 33.2 Å². The van der Waals surface area contributed by atoms with E-state index in [1.54, 1.807) is 13.8 Å². The lowest BCUT2D eigenvalue weighted by Crippen LogP contribution is -2.51. The maximum absolute atomic E-state index is 11.9. The van der Waals surface area contributed by atoms with E-state index in [0.717, 1.165) is 0 Å². The Kier molecular flexibility index (Phi) is 7.55. The summed E-state index contributed by atoms with van der Waals surface area (Å²) in [5, 5.41) is 11.4. The highest BCUT2D eigenvalue weighted by Gasteiger charge is 2.26. The summed E-state index contributed by atoms with van der Waals surface area (Å²) in [7, 11) is 1.23. The number of urea groups is 1. The summed E-state index contributed by atoms with van der Waals surface area (Å²) in [4.78, 5) is 35.4. The zero-order valence-electron chi connectivity index (χ0n) is 11.8. The molecule has 0 spiro atoms. The van der Waals surface area contributed by atoms with Crippen LogP contribution in [0.1, 0.15) is 27.2 Å². The van der Waals surface area contributed by atoms with Gasteiger partial charge in [0.2, 0.25) is 0 Å². The van der Waals surface area contributed by atoms with E-state index in [2.05, 4.69) is 10.1 Å². The van der Waals surface area contributed by atoms with Crippen LogP contribution in [0.15, 0.2) is 0 Å². The summed E-state index contributed by atoms with van der Waals surface area (Å²) >= 11 is 0. The molecule has 0 saturated carbocycles. The lowest BCUT2D eigenvalue weighted by Gasteiger charge is -2.25. The molecule has 0 aromatic rings. The Morgan fingerprint density at radius 2 is 1.89 bits per heavy atom. The van der Waals surface area contributed by atoms with Gasteiger partial charge in [0.25, 0.3) is 0 Å². The zero-order chi connectivity index (χ0) is 15.0. The van der Waals surface area contributed by atoms with Crippen LogP contribution in [0.2, 0.25) is 0 Å². The Hall–Kier alpha value is -1.79. The molecule has 0 fully saturated rings. The van der Waals surface area contributed by atoms with Crippen LogP contribution in [-0.2, 0) is 14.3 Å². The second kappa shape index (κ2) is 8.34. The van der Waals surface area contributed by atoms with Crippen LogP contribution in [-0.4, -0.2) is 54.2 Å². The van der Waals surface area contributed by atoms with Gasteiger partial charge >= 0.3 is 18.0 Å². The van der Waals surface area contributed by atoms with Crippen molar-refractivity contribution in [1.29, 1.82) is 0 Å². The van der Waals surface area contributed by atoms with Crippen LogP contribution in [0.5, 0.6) is 0 Å². The third-order valence-corrected chi connectivity index (χ3v) is 2.54. The van der Waals surface area contributed by atoms with Gasteiger partial charge in [-0.3, -0.25) is 4.79 Å². The van der Waals surface area contributed by atoms with Crippen molar-refractivity contribution in [1.82, 2.24) is 10.2 Å². The number of methoxy groups -OCH3 is 1. The smallest absolute Gasteiger partial charge is 0.326 e. The number of nitrogens with zero attached hydrogens (tertiary/aromatic N) is 1. The molecule has 0 aromatic heterocycles. The van der Waals surface area contributed by atoms with Crippen LogP contribution in [0.3, 0.4) is 0 Å². The Balaban J connectivity index is 4.70. The molecule has 0 unspecified atom stereocenters. The number of amides is 2. The maximum Gasteiger partial charge on any atom is 0.326 e. The van der Waals surface area contributed by atoms with Crippen molar-refractivity contribution in [3.8, 4) is 0 Å². The molecule has 19 heavy (non-hydrogen) atoms. The Labute approximate surface area is 112 Å². The van der Waals surface area contributed by atoms with Crippen LogP contribution in [0, 0.1) is 5.92 Å². The second-order valence-corrected chi connectivity index (χ2v) is 4.51. The monoisotopic (exact) mass is 274 g/mol. The van der Waals surface area contributed by atoms with E-state index >= 15 is 0 Å². The number of hydrogen-bond acceptors (Lipinski definition) is 4. The fraction of sp³-hybridized carbons (Fsp3) is 0.750. The van der Waals surface area contributed by atoms with Gasteiger partial charge in [0, 0.05) is 6.54 Å². The zero-order valence-corrected chi connectivity index (χ0v) is 11.8. The first kappa shape index (κ1) is 17.2. The molecule has 0 aliphatic heterocycles. The highest BCUT2D eigenvalue weighted by Crippen LogP contribution is 2.03. The van der Waals surface area contributed by atoms with E-state index in [-0.39, 0.29) is 12.5 Å². The van der Waals surface area contributed by atoms with Crippen molar-refractivity contribution in [2.75, 3.05) is 20.2 Å². The number of aliphatic carboxylic acids is 1. The topological polar surface area (TPSA) is 95.9 Å². The molecule has 0 aromatic carbocycles. The van der Waals surface area contributed by atoms with Gasteiger partial charge in [-0.2, -0.15) is 0 Å². The number of carbonyl (C=O) groups is 3. The number of rotatable bonds is 7. The third kappa shape index (κ3) is 6.08. The predicted octanol–water partition coefficient (Wildman–Crippen LogP) is 0.690. The molecule has 0 aliphatic rings. The van der Waals surface area contributed by atoms with Gasteiger partial charge in [0.15, 0.2) is 0 Å². The predicted molar refractivity (Wildman–Crippen MR) is 68.7 cm³/mol. The molecule has 0 saturated heterocycles. The molecular weight excluding hydrogens is 252 g/mol. The summed E-state index contributed by atoms with van der Waals surface area (Å²) in [6.45, 7) is 5.41. The number of carbonyl (C=O) groups excluding carboxylic acids is 2. The average Bonchev–Trinajstić information content (AvgIpc) is 2.33. The summed E-state index contributed by atoms with van der Waals surface area (Å²) in [6, 6.07) is -1.56. The largest absolute Gasteiger partial charge is 0.480 e. The first-order chi connectivity index (χ1) is 8.83. The number of carboxylic acids is 1. The van der Waals surface area contributed by atoms with E-state index < -0.39 is 24.0 Å². The van der Waals surface area contributed by atoms with Gasteiger partial charge in [-0.1, -0.05) is 20.8 Å². The molecule has 0 radical (unpaired) electrons. The Bertz CT molecular complexity index is 330. The molecule has 1 atom stereocenters. The SMILES string of the molecule is CCCN(CC(=O)OC)C(=O)N[C@@H](C(=O)O)C(C)C. The van der Waals surface area contributed by atoms with E-state index in [4.69, 9.17) is 5.11 Å². The number of esters is 1. The van der Waals surface area contributed by atoms with Gasteiger partial charge < -0.3 is 20.1 Å². The summed E-state index contributed by atoms with van der Waals surface area (Å²) in [5.74, 6) is -1.89. The Morgan fingerprint density at radius 3 is 2.26 bits per heavy atom. The summed E-state index contributed by atoms with van der Waals surface area (Å²) in [6.07, 6.45) is 0.657. The molecular formula is C12H22N2O5. The molecule has 0 bridgehead atoms. The average molecular weight is 274 g/mol. The highest BCUT2D eigenvalue weighted by atomic mass is 16.5. The lowest BCUT2D eigenvalue weighted by molar-refractivity contribution is -0.141. The first-order valence-electron chi connectivity index (χ1n) is 6.18. The number of carboxylic acid groups (broad SMARTS) is 1. The van der Waals surface area contributed by atoms with Crippen molar-refractivity contribution in [3.63, 3.8) is 0 Å². The molecule has 7 heteroatoms. The minimum absolute atomic E-state index is 0.194. The second-order valence-electron chi connectivity index (χ2n) is 4.51. The Morgan fingerprint density at radius 1 is 1.32 bits per heavy atom. The summed E-state index contributed by atoms with van der Waals surface area (Å²) < 4.78 is 4.50. The molecule has 7 nitrogen and oxygen atoms in total. The minimum atomic E-state index is -1.10. The number of ether oxygens (including phenoxy) is 1. The third-order valence-electron chi connectivity index (χ3n) is 2.54. The van der Waals surface area contributed by atoms with Crippen LogP contribution >= 0.6 is 0 Å². The van der Waals surface area contributed by atoms with Gasteiger partial charge in [-0.25, -0.2) is 9.59 Å². The molecule has 110 valence electrons. The first-order valence-corrected chi connectivity index (χ1v) is 6.18. The van der Waals surface area contributed by atoms with Crippen molar-refractivity contribution in [3.05, 3.63) is 0 Å². The summed E-state index contributed by atoms with van der Waals surface area (Å²) in [5.41, 5.74) is 0. The standard InChI is InChI=1S/C12H22N2O5/c1-5-6-14(7-9(15)19-4)12(18)13-10(8(2)3)11(16)17/h8,10H,5-7H2,1-4H3,(H,13,18)(H,16,17)/t10-/m1/s1. The van der Waals surface area contributed by atoms with Crippen LogP contribution < -0.4 is 5.32 Å². The lowest BCUT2D eigenvalue weighted by atomic mass is 10.1. The number of nitrogens with one attached hydrogen (secondary N) is 1. The maximum atomic E-state index is 11.9. The van der Waals surface area contributed by atoms with Gasteiger partial charge in [-0.05, 0) is 12.3 Å². The normalized spacial score (nSPS) is 11.8. The van der Waals surface area contributed by atoms with Crippen molar-refractivity contribution < 1.29 is 24.2 Å². The fourth-order valence-electron chi connectivity index (χ4n) is 1.48. The van der Waals surface area contributed by atoms with E-state index in [1.165, 1.54) is 12.0 Å². The molecule has 0 heterocycles. The highest BCUT2D eigenvalue weighted by molar-refractivity contribution is 5.85. The molecule has 0 aliphatic carbocycles. The van der Waals surface area contributed by atoms with Crippen molar-refractivity contribution >= 4 is 18.0 Å². The fourth-order valence-corrected chi connectivity index (χ4v) is 1.48. The molecule has 2 N–H and O–H groups in total. The van der Waals surface area contributed by atoms with E-state index in [9.17, 15) is 14.4 Å². The molecule has 0 rings (SSSR count). The van der Waals surface area contributed by atoms with Gasteiger partial charge in [0.05, 0.1) is 7.11 Å². The van der Waals surface area contributed by atoms with Gasteiger partial charge in [0.1, 0.15) is 12.6 Å². The van der Waals surface area contributed by atoms with E-state index in [1.807, 2.05) is 6.92 Å². The number of hydrogen-bond donors (Lipinski definition) is 2. The van der Waals surface area contributed by atoms with E-state index in [0.29, 0.717) is 13.0 Å². The quantitative estimate of drug-likeness (QED) is 0.666.